The van der Waals surface area contributed by atoms with Crippen molar-refractivity contribution >= 4 is 26.9 Å². The molecule has 0 aliphatic carbocycles. The molecule has 0 bridgehead atoms. The fraction of sp³-hybridized carbons (Fsp3) is 0.200. The third-order valence-corrected chi connectivity index (χ3v) is 7.90. The average molecular weight is 542 g/mol. The molecule has 0 saturated carbocycles. The third kappa shape index (κ3) is 6.29. The molecule has 0 fully saturated rings. The zero-order valence-corrected chi connectivity index (χ0v) is 22.3. The predicted octanol–water partition coefficient (Wildman–Crippen LogP) is 4.25. The first kappa shape index (κ1) is 27.5. The van der Waals surface area contributed by atoms with E-state index >= 15 is 0 Å². The number of nitrogens with zero attached hydrogens (tertiary/aromatic N) is 2. The molecule has 9 heteroatoms. The van der Waals surface area contributed by atoms with Crippen molar-refractivity contribution < 1.29 is 23.1 Å². The van der Waals surface area contributed by atoms with Crippen molar-refractivity contribution in [1.29, 1.82) is 5.26 Å². The molecule has 0 saturated heterocycles. The molecule has 3 aromatic carbocycles. The van der Waals surface area contributed by atoms with Crippen LogP contribution in [0.4, 0.5) is 0 Å². The predicted molar refractivity (Wildman–Crippen MR) is 148 cm³/mol. The van der Waals surface area contributed by atoms with Crippen LogP contribution in [0.25, 0.3) is 10.9 Å². The molecule has 8 nitrogen and oxygen atoms in total. The van der Waals surface area contributed by atoms with E-state index in [-0.39, 0.29) is 17.9 Å². The Morgan fingerprint density at radius 3 is 2.41 bits per heavy atom. The van der Waals surface area contributed by atoms with Crippen molar-refractivity contribution in [2.24, 2.45) is 0 Å². The number of sulfonamides is 1. The summed E-state index contributed by atoms with van der Waals surface area (Å²) in [5.41, 5.74) is 4.04. The van der Waals surface area contributed by atoms with E-state index in [1.165, 1.54) is 24.3 Å². The lowest BCUT2D eigenvalue weighted by Crippen LogP contribution is -2.42. The number of benzene rings is 3. The van der Waals surface area contributed by atoms with Gasteiger partial charge < -0.3 is 14.4 Å². The minimum absolute atomic E-state index is 0.0435. The van der Waals surface area contributed by atoms with E-state index in [1.807, 2.05) is 43.3 Å². The van der Waals surface area contributed by atoms with Crippen LogP contribution in [0.2, 0.25) is 0 Å². The largest absolute Gasteiger partial charge is 0.481 e. The molecule has 4 aromatic rings. The van der Waals surface area contributed by atoms with Gasteiger partial charge in [-0.15, -0.1) is 5.92 Å². The van der Waals surface area contributed by atoms with Crippen LogP contribution in [0.15, 0.2) is 77.7 Å². The summed E-state index contributed by atoms with van der Waals surface area (Å²) in [6, 6.07) is 21.4. The monoisotopic (exact) mass is 541 g/mol. The lowest BCUT2D eigenvalue weighted by Gasteiger charge is -2.16. The van der Waals surface area contributed by atoms with Crippen LogP contribution in [0.3, 0.4) is 0 Å². The topological polar surface area (TPSA) is 121 Å². The molecular weight excluding hydrogens is 514 g/mol. The van der Waals surface area contributed by atoms with Gasteiger partial charge >= 0.3 is 5.97 Å². The van der Waals surface area contributed by atoms with Gasteiger partial charge in [-0.1, -0.05) is 36.3 Å². The van der Waals surface area contributed by atoms with Crippen LogP contribution in [0.5, 0.6) is 5.75 Å². The number of ether oxygens (including phenoxy) is 1. The number of aliphatic carboxylic acids is 1. The average Bonchev–Trinajstić information content (AvgIpc) is 3.19. The molecule has 4 rings (SSSR count). The molecule has 0 aliphatic rings. The highest BCUT2D eigenvalue weighted by molar-refractivity contribution is 7.89. The number of hydrogen-bond donors (Lipinski definition) is 2. The van der Waals surface area contributed by atoms with Crippen LogP contribution in [-0.4, -0.2) is 36.7 Å². The standard InChI is InChI=1S/C30H27N3O5S/c1-3-4-17-38-24-13-15-25(16-14-24)39(36,37)32-28(30(34)35)18-27-21(2)33(29-8-6-5-7-26(27)29)20-23-11-9-22(19-31)10-12-23/h5-16,28,32H,17-18,20H2,1-2H3,(H,34,35). The van der Waals surface area contributed by atoms with Gasteiger partial charge in [0.05, 0.1) is 16.5 Å². The number of para-hydroxylation sites is 1. The number of carboxylic acids is 1. The van der Waals surface area contributed by atoms with Gasteiger partial charge in [-0.3, -0.25) is 4.79 Å². The number of hydrogen-bond acceptors (Lipinski definition) is 5. The summed E-state index contributed by atoms with van der Waals surface area (Å²) in [6.07, 6.45) is -0.0435. The Bertz CT molecular complexity index is 1710. The summed E-state index contributed by atoms with van der Waals surface area (Å²) in [5.74, 6) is 4.65. The van der Waals surface area contributed by atoms with E-state index in [4.69, 9.17) is 10.00 Å². The molecule has 1 unspecified atom stereocenters. The van der Waals surface area contributed by atoms with Gasteiger partial charge in [0.1, 0.15) is 18.4 Å². The van der Waals surface area contributed by atoms with E-state index in [0.29, 0.717) is 17.9 Å². The highest BCUT2D eigenvalue weighted by Crippen LogP contribution is 2.28. The maximum absolute atomic E-state index is 13.1. The molecule has 0 radical (unpaired) electrons. The molecular formula is C30H27N3O5S. The van der Waals surface area contributed by atoms with Gasteiger partial charge in [-0.25, -0.2) is 8.42 Å². The smallest absolute Gasteiger partial charge is 0.322 e. The first-order valence-corrected chi connectivity index (χ1v) is 13.6. The summed E-state index contributed by atoms with van der Waals surface area (Å²) >= 11 is 0. The minimum Gasteiger partial charge on any atom is -0.481 e. The van der Waals surface area contributed by atoms with Crippen molar-refractivity contribution in [2.75, 3.05) is 6.61 Å². The fourth-order valence-corrected chi connectivity index (χ4v) is 5.57. The van der Waals surface area contributed by atoms with E-state index in [2.05, 4.69) is 27.2 Å². The van der Waals surface area contributed by atoms with Gasteiger partial charge in [0.2, 0.25) is 10.0 Å². The first-order chi connectivity index (χ1) is 18.7. The summed E-state index contributed by atoms with van der Waals surface area (Å²) in [4.78, 5) is 12.2. The van der Waals surface area contributed by atoms with Gasteiger partial charge in [-0.2, -0.15) is 9.98 Å². The van der Waals surface area contributed by atoms with Crippen molar-refractivity contribution in [3.8, 4) is 23.7 Å². The second-order valence-electron chi connectivity index (χ2n) is 8.88. The zero-order chi connectivity index (χ0) is 28.0. The number of rotatable bonds is 10. The van der Waals surface area contributed by atoms with Crippen molar-refractivity contribution in [3.63, 3.8) is 0 Å². The van der Waals surface area contributed by atoms with Gasteiger partial charge in [-0.05, 0) is 67.4 Å². The number of aromatic nitrogens is 1. The molecule has 1 aromatic heterocycles. The van der Waals surface area contributed by atoms with Crippen molar-refractivity contribution in [1.82, 2.24) is 9.29 Å². The van der Waals surface area contributed by atoms with E-state index < -0.39 is 22.0 Å². The number of carboxylic acid groups (broad SMARTS) is 1. The van der Waals surface area contributed by atoms with Crippen molar-refractivity contribution in [2.45, 2.75) is 37.8 Å². The first-order valence-electron chi connectivity index (χ1n) is 12.2. The Kier molecular flexibility index (Phi) is 8.36. The summed E-state index contributed by atoms with van der Waals surface area (Å²) in [5, 5.41) is 19.9. The van der Waals surface area contributed by atoms with E-state index in [9.17, 15) is 18.3 Å². The van der Waals surface area contributed by atoms with Crippen LogP contribution in [0.1, 0.15) is 29.3 Å². The highest BCUT2D eigenvalue weighted by Gasteiger charge is 2.28. The Balaban J connectivity index is 1.61. The molecule has 0 aliphatic heterocycles. The second-order valence-corrected chi connectivity index (χ2v) is 10.6. The van der Waals surface area contributed by atoms with Crippen molar-refractivity contribution in [3.05, 3.63) is 95.2 Å². The minimum atomic E-state index is -4.13. The number of fused-ring (bicyclic) bond motifs is 1. The second kappa shape index (κ2) is 11.9. The Morgan fingerprint density at radius 2 is 1.77 bits per heavy atom. The normalized spacial score (nSPS) is 11.8. The zero-order valence-electron chi connectivity index (χ0n) is 21.5. The Hall–Kier alpha value is -4.57. The van der Waals surface area contributed by atoms with Gasteiger partial charge in [0.25, 0.3) is 0 Å². The Labute approximate surface area is 227 Å². The highest BCUT2D eigenvalue weighted by atomic mass is 32.2. The number of carbonyl (C=O) groups is 1. The maximum atomic E-state index is 13.1. The number of nitriles is 1. The van der Waals surface area contributed by atoms with E-state index in [1.54, 1.807) is 19.1 Å². The molecule has 1 heterocycles. The maximum Gasteiger partial charge on any atom is 0.322 e. The molecule has 2 N–H and O–H groups in total. The van der Waals surface area contributed by atoms with Gasteiger partial charge in [0.15, 0.2) is 0 Å². The number of nitrogens with one attached hydrogen (secondary N) is 1. The fourth-order valence-electron chi connectivity index (χ4n) is 4.38. The SMILES string of the molecule is CC#CCOc1ccc(S(=O)(=O)NC(Cc2c(C)n(Cc3ccc(C#N)cc3)c3ccccc23)C(=O)O)cc1. The molecule has 39 heavy (non-hydrogen) atoms. The molecule has 198 valence electrons. The van der Waals surface area contributed by atoms with Crippen LogP contribution in [0, 0.1) is 30.1 Å². The van der Waals surface area contributed by atoms with E-state index in [0.717, 1.165) is 27.7 Å². The van der Waals surface area contributed by atoms with Gasteiger partial charge in [0, 0.05) is 29.6 Å². The Morgan fingerprint density at radius 1 is 1.08 bits per heavy atom. The molecule has 0 amide bonds. The summed E-state index contributed by atoms with van der Waals surface area (Å²) in [7, 11) is -4.13. The lowest BCUT2D eigenvalue weighted by atomic mass is 10.0. The summed E-state index contributed by atoms with van der Waals surface area (Å²) < 4.78 is 36.0. The van der Waals surface area contributed by atoms with Crippen LogP contribution in [-0.2, 0) is 27.8 Å². The van der Waals surface area contributed by atoms with Crippen LogP contribution < -0.4 is 9.46 Å². The molecule has 0 spiro atoms. The summed E-state index contributed by atoms with van der Waals surface area (Å²) in [6.45, 7) is 4.28. The molecule has 1 atom stereocenters. The third-order valence-electron chi connectivity index (χ3n) is 6.41. The quantitative estimate of drug-likeness (QED) is 0.290. The lowest BCUT2D eigenvalue weighted by molar-refractivity contribution is -0.138. The van der Waals surface area contributed by atoms with Crippen LogP contribution >= 0.6 is 0 Å².